The Morgan fingerprint density at radius 2 is 2.16 bits per heavy atom. The maximum atomic E-state index is 6.07. The Morgan fingerprint density at radius 1 is 1.42 bits per heavy atom. The van der Waals surface area contributed by atoms with E-state index in [1.165, 1.54) is 22.9 Å². The molecule has 0 bridgehead atoms. The van der Waals surface area contributed by atoms with Gasteiger partial charge in [-0.25, -0.2) is 0 Å². The van der Waals surface area contributed by atoms with Crippen LogP contribution in [-0.4, -0.2) is 49.6 Å². The van der Waals surface area contributed by atoms with Crippen molar-refractivity contribution in [2.45, 2.75) is 24.9 Å². The smallest absolute Gasteiger partial charge is 0.0485 e. The second-order valence-corrected chi connectivity index (χ2v) is 6.42. The van der Waals surface area contributed by atoms with Crippen molar-refractivity contribution in [1.29, 1.82) is 0 Å². The SMILES string of the molecule is CN(C)CC1CCCN1C(CN)c1ccccc1Br. The lowest BCUT2D eigenvalue weighted by Crippen LogP contribution is -2.42. The van der Waals surface area contributed by atoms with Crippen LogP contribution >= 0.6 is 15.9 Å². The summed E-state index contributed by atoms with van der Waals surface area (Å²) in [6.07, 6.45) is 2.55. The van der Waals surface area contributed by atoms with E-state index in [1.807, 2.05) is 0 Å². The van der Waals surface area contributed by atoms with E-state index < -0.39 is 0 Å². The van der Waals surface area contributed by atoms with E-state index in [4.69, 9.17) is 5.73 Å². The maximum absolute atomic E-state index is 6.07. The fraction of sp³-hybridized carbons (Fsp3) is 0.600. The Kier molecular flexibility index (Phi) is 5.39. The number of hydrogen-bond donors (Lipinski definition) is 1. The molecule has 2 rings (SSSR count). The monoisotopic (exact) mass is 325 g/mol. The quantitative estimate of drug-likeness (QED) is 0.902. The van der Waals surface area contributed by atoms with Crippen molar-refractivity contribution in [2.24, 2.45) is 5.73 Å². The van der Waals surface area contributed by atoms with Crippen molar-refractivity contribution in [2.75, 3.05) is 33.7 Å². The second kappa shape index (κ2) is 6.84. The van der Waals surface area contributed by atoms with Crippen LogP contribution in [0.3, 0.4) is 0 Å². The summed E-state index contributed by atoms with van der Waals surface area (Å²) in [7, 11) is 4.29. The third-order valence-electron chi connectivity index (χ3n) is 3.89. The first-order valence-electron chi connectivity index (χ1n) is 6.98. The molecule has 1 fully saturated rings. The molecule has 0 aliphatic carbocycles. The normalized spacial score (nSPS) is 22.1. The minimum atomic E-state index is 0.322. The Bertz CT molecular complexity index is 408. The third-order valence-corrected chi connectivity index (χ3v) is 4.61. The second-order valence-electron chi connectivity index (χ2n) is 5.57. The van der Waals surface area contributed by atoms with Gasteiger partial charge in [0.15, 0.2) is 0 Å². The van der Waals surface area contributed by atoms with E-state index in [1.54, 1.807) is 0 Å². The van der Waals surface area contributed by atoms with Gasteiger partial charge in [-0.1, -0.05) is 34.1 Å². The number of halogens is 1. The fourth-order valence-electron chi connectivity index (χ4n) is 3.07. The van der Waals surface area contributed by atoms with Crippen molar-refractivity contribution < 1.29 is 0 Å². The highest BCUT2D eigenvalue weighted by atomic mass is 79.9. The first kappa shape index (κ1) is 15.0. The topological polar surface area (TPSA) is 32.5 Å². The van der Waals surface area contributed by atoms with Crippen LogP contribution in [0.4, 0.5) is 0 Å². The lowest BCUT2D eigenvalue weighted by molar-refractivity contribution is 0.155. The van der Waals surface area contributed by atoms with Gasteiger partial charge in [0, 0.05) is 29.6 Å². The molecule has 2 unspecified atom stereocenters. The van der Waals surface area contributed by atoms with E-state index in [0.29, 0.717) is 18.6 Å². The van der Waals surface area contributed by atoms with Crippen LogP contribution < -0.4 is 5.73 Å². The predicted molar refractivity (Wildman–Crippen MR) is 84.2 cm³/mol. The summed E-state index contributed by atoms with van der Waals surface area (Å²) in [5.41, 5.74) is 7.39. The zero-order valence-electron chi connectivity index (χ0n) is 11.8. The summed E-state index contributed by atoms with van der Waals surface area (Å²) in [6, 6.07) is 9.39. The molecule has 4 heteroatoms. The molecule has 0 spiro atoms. The standard InChI is InChI=1S/C15H24BrN3/c1-18(2)11-12-6-5-9-19(12)15(10-17)13-7-3-4-8-14(13)16/h3-4,7-8,12,15H,5-6,9-11,17H2,1-2H3. The summed E-state index contributed by atoms with van der Waals surface area (Å²) in [6.45, 7) is 2.94. The zero-order chi connectivity index (χ0) is 13.8. The molecular weight excluding hydrogens is 302 g/mol. The van der Waals surface area contributed by atoms with Crippen LogP contribution in [0.15, 0.2) is 28.7 Å². The van der Waals surface area contributed by atoms with Gasteiger partial charge in [-0.05, 0) is 45.1 Å². The number of hydrogen-bond acceptors (Lipinski definition) is 3. The summed E-state index contributed by atoms with van der Waals surface area (Å²) in [5.74, 6) is 0. The van der Waals surface area contributed by atoms with E-state index in [9.17, 15) is 0 Å². The number of rotatable bonds is 5. The molecule has 2 N–H and O–H groups in total. The van der Waals surface area contributed by atoms with Gasteiger partial charge in [-0.3, -0.25) is 4.90 Å². The molecule has 0 radical (unpaired) electrons. The zero-order valence-corrected chi connectivity index (χ0v) is 13.4. The van der Waals surface area contributed by atoms with Gasteiger partial charge < -0.3 is 10.6 Å². The van der Waals surface area contributed by atoms with Gasteiger partial charge in [0.05, 0.1) is 0 Å². The summed E-state index contributed by atoms with van der Waals surface area (Å²) < 4.78 is 1.17. The molecule has 1 saturated heterocycles. The van der Waals surface area contributed by atoms with Crippen LogP contribution in [0.1, 0.15) is 24.4 Å². The molecule has 1 aromatic carbocycles. The predicted octanol–water partition coefficient (Wildman–Crippen LogP) is 2.47. The molecule has 106 valence electrons. The van der Waals surface area contributed by atoms with Gasteiger partial charge in [0.2, 0.25) is 0 Å². The molecule has 2 atom stereocenters. The average molecular weight is 326 g/mol. The molecule has 19 heavy (non-hydrogen) atoms. The Morgan fingerprint density at radius 3 is 2.79 bits per heavy atom. The fourth-order valence-corrected chi connectivity index (χ4v) is 3.62. The van der Waals surface area contributed by atoms with Crippen molar-refractivity contribution in [3.05, 3.63) is 34.3 Å². The number of benzene rings is 1. The molecule has 1 aliphatic rings. The van der Waals surface area contributed by atoms with Crippen LogP contribution in [0.25, 0.3) is 0 Å². The van der Waals surface area contributed by atoms with E-state index in [2.05, 4.69) is 64.1 Å². The number of nitrogens with two attached hydrogens (primary N) is 1. The van der Waals surface area contributed by atoms with Crippen LogP contribution in [0.2, 0.25) is 0 Å². The Labute approximate surface area is 124 Å². The van der Waals surface area contributed by atoms with Gasteiger partial charge in [0.1, 0.15) is 0 Å². The largest absolute Gasteiger partial charge is 0.329 e. The first-order chi connectivity index (χ1) is 9.13. The number of likely N-dealkylation sites (N-methyl/N-ethyl adjacent to an activating group) is 1. The van der Waals surface area contributed by atoms with Crippen molar-refractivity contribution in [1.82, 2.24) is 9.80 Å². The Hall–Kier alpha value is -0.420. The molecular formula is C15H24BrN3. The molecule has 1 heterocycles. The maximum Gasteiger partial charge on any atom is 0.0485 e. The molecule has 0 aromatic heterocycles. The highest BCUT2D eigenvalue weighted by Crippen LogP contribution is 2.32. The minimum Gasteiger partial charge on any atom is -0.329 e. The molecule has 3 nitrogen and oxygen atoms in total. The summed E-state index contributed by atoms with van der Waals surface area (Å²) >= 11 is 3.66. The van der Waals surface area contributed by atoms with Crippen molar-refractivity contribution in [3.8, 4) is 0 Å². The molecule has 0 saturated carbocycles. The third kappa shape index (κ3) is 3.57. The van der Waals surface area contributed by atoms with Gasteiger partial charge >= 0.3 is 0 Å². The van der Waals surface area contributed by atoms with Gasteiger partial charge in [0.25, 0.3) is 0 Å². The summed E-state index contributed by atoms with van der Waals surface area (Å²) in [4.78, 5) is 4.86. The number of likely N-dealkylation sites (tertiary alicyclic amines) is 1. The van der Waals surface area contributed by atoms with E-state index >= 15 is 0 Å². The van der Waals surface area contributed by atoms with Gasteiger partial charge in [-0.15, -0.1) is 0 Å². The molecule has 0 amide bonds. The number of nitrogens with zero attached hydrogens (tertiary/aromatic N) is 2. The Balaban J connectivity index is 2.19. The van der Waals surface area contributed by atoms with E-state index in [-0.39, 0.29) is 0 Å². The molecule has 1 aliphatic heterocycles. The molecule has 1 aromatic rings. The van der Waals surface area contributed by atoms with E-state index in [0.717, 1.165) is 13.1 Å². The van der Waals surface area contributed by atoms with Crippen LogP contribution in [-0.2, 0) is 0 Å². The van der Waals surface area contributed by atoms with Gasteiger partial charge in [-0.2, -0.15) is 0 Å². The highest BCUT2D eigenvalue weighted by molar-refractivity contribution is 9.10. The highest BCUT2D eigenvalue weighted by Gasteiger charge is 2.31. The summed E-state index contributed by atoms with van der Waals surface area (Å²) in [5, 5.41) is 0. The lowest BCUT2D eigenvalue weighted by Gasteiger charge is -2.34. The van der Waals surface area contributed by atoms with Crippen molar-refractivity contribution in [3.63, 3.8) is 0 Å². The van der Waals surface area contributed by atoms with Crippen LogP contribution in [0.5, 0.6) is 0 Å². The lowest BCUT2D eigenvalue weighted by atomic mass is 10.0. The minimum absolute atomic E-state index is 0.322. The van der Waals surface area contributed by atoms with Crippen LogP contribution in [0, 0.1) is 0 Å². The average Bonchev–Trinajstić information content (AvgIpc) is 2.80. The van der Waals surface area contributed by atoms with Crippen molar-refractivity contribution >= 4 is 15.9 Å². The first-order valence-corrected chi connectivity index (χ1v) is 7.77.